The van der Waals surface area contributed by atoms with E-state index in [1.165, 1.54) is 10.8 Å². The summed E-state index contributed by atoms with van der Waals surface area (Å²) in [6, 6.07) is 42.6. The van der Waals surface area contributed by atoms with E-state index in [4.69, 9.17) is 0 Å². The quantitative estimate of drug-likeness (QED) is 0.305. The zero-order valence-corrected chi connectivity index (χ0v) is 18.9. The van der Waals surface area contributed by atoms with Crippen LogP contribution < -0.4 is 15.9 Å². The Balaban J connectivity index is 1.50. The van der Waals surface area contributed by atoms with E-state index in [1.54, 1.807) is 0 Å². The molecule has 2 nitrogen and oxygen atoms in total. The molecule has 0 saturated heterocycles. The summed E-state index contributed by atoms with van der Waals surface area (Å²) >= 11 is 0. The van der Waals surface area contributed by atoms with Crippen molar-refractivity contribution in [2.75, 3.05) is 0 Å². The number of H-pyrrole nitrogens is 1. The lowest BCUT2D eigenvalue weighted by atomic mass is 10.0. The zero-order chi connectivity index (χ0) is 22.3. The van der Waals surface area contributed by atoms with Gasteiger partial charge >= 0.3 is 0 Å². The molecule has 0 bridgehead atoms. The predicted molar refractivity (Wildman–Crippen MR) is 141 cm³/mol. The minimum Gasteiger partial charge on any atom is -0.354 e. The highest BCUT2D eigenvalue weighted by atomic mass is 31.2. The largest absolute Gasteiger partial charge is 0.354 e. The molecule has 3 heteroatoms. The van der Waals surface area contributed by atoms with E-state index in [9.17, 15) is 4.57 Å². The first kappa shape index (κ1) is 19.8. The number of hydrogen-bond donors (Lipinski definition) is 1. The van der Waals surface area contributed by atoms with Gasteiger partial charge in [0.15, 0.2) is 7.14 Å². The molecular formula is C30H22NOP. The molecule has 0 aliphatic rings. The van der Waals surface area contributed by atoms with Crippen molar-refractivity contribution in [1.82, 2.24) is 4.98 Å². The smallest absolute Gasteiger partial charge is 0.171 e. The Labute approximate surface area is 192 Å². The van der Waals surface area contributed by atoms with Crippen LogP contribution in [0.15, 0.2) is 127 Å². The maximum Gasteiger partial charge on any atom is 0.171 e. The summed E-state index contributed by atoms with van der Waals surface area (Å²) in [4.78, 5) is 3.59. The van der Waals surface area contributed by atoms with Gasteiger partial charge in [-0.1, -0.05) is 121 Å². The molecular weight excluding hydrogens is 421 g/mol. The number of para-hydroxylation sites is 2. The van der Waals surface area contributed by atoms with Gasteiger partial charge < -0.3 is 9.55 Å². The van der Waals surface area contributed by atoms with Crippen molar-refractivity contribution in [3.05, 3.63) is 127 Å². The third-order valence-corrected chi connectivity index (χ3v) is 9.40. The van der Waals surface area contributed by atoms with Crippen molar-refractivity contribution in [1.29, 1.82) is 0 Å². The summed E-state index contributed by atoms with van der Waals surface area (Å²) in [5, 5.41) is 4.98. The highest BCUT2D eigenvalue weighted by Gasteiger charge is 2.29. The van der Waals surface area contributed by atoms with E-state index in [1.807, 2.05) is 72.8 Å². The van der Waals surface area contributed by atoms with Gasteiger partial charge in [0, 0.05) is 37.8 Å². The van der Waals surface area contributed by atoms with Crippen LogP contribution in [0, 0.1) is 0 Å². The Kier molecular flexibility index (Phi) is 4.75. The third kappa shape index (κ3) is 3.23. The number of hydrogen-bond acceptors (Lipinski definition) is 1. The van der Waals surface area contributed by atoms with E-state index in [0.29, 0.717) is 0 Å². The molecule has 6 aromatic rings. The molecule has 0 aliphatic carbocycles. The minimum absolute atomic E-state index is 0.840. The first-order valence-electron chi connectivity index (χ1n) is 11.1. The second-order valence-electron chi connectivity index (χ2n) is 8.23. The number of aromatic nitrogens is 1. The summed E-state index contributed by atoms with van der Waals surface area (Å²) < 4.78 is 14.6. The molecule has 5 aromatic carbocycles. The van der Waals surface area contributed by atoms with Crippen LogP contribution in [-0.2, 0) is 4.57 Å². The molecule has 6 rings (SSSR count). The second-order valence-corrected chi connectivity index (χ2v) is 11.0. The van der Waals surface area contributed by atoms with Gasteiger partial charge in [-0.3, -0.25) is 0 Å². The lowest BCUT2D eigenvalue weighted by Gasteiger charge is -2.20. The molecule has 0 aliphatic heterocycles. The molecule has 0 radical (unpaired) electrons. The van der Waals surface area contributed by atoms with Gasteiger partial charge in [0.05, 0.1) is 5.52 Å². The first-order chi connectivity index (χ1) is 16.2. The summed E-state index contributed by atoms with van der Waals surface area (Å²) in [5.41, 5.74) is 4.50. The molecule has 1 N–H and O–H groups in total. The highest BCUT2D eigenvalue weighted by Crippen LogP contribution is 2.43. The fourth-order valence-corrected chi connectivity index (χ4v) is 7.33. The Morgan fingerprint density at radius 1 is 0.485 bits per heavy atom. The second kappa shape index (κ2) is 7.92. The third-order valence-electron chi connectivity index (χ3n) is 6.32. The molecule has 158 valence electrons. The topological polar surface area (TPSA) is 32.9 Å². The predicted octanol–water partition coefficient (Wildman–Crippen LogP) is 6.63. The average molecular weight is 443 g/mol. The van der Waals surface area contributed by atoms with Crippen molar-refractivity contribution in [3.63, 3.8) is 0 Å². The van der Waals surface area contributed by atoms with Gasteiger partial charge in [-0.05, 0) is 11.6 Å². The monoisotopic (exact) mass is 443 g/mol. The van der Waals surface area contributed by atoms with Gasteiger partial charge in [0.25, 0.3) is 0 Å². The molecule has 0 fully saturated rings. The van der Waals surface area contributed by atoms with Crippen molar-refractivity contribution in [2.24, 2.45) is 0 Å². The number of aromatic amines is 1. The van der Waals surface area contributed by atoms with E-state index in [2.05, 4.69) is 59.6 Å². The van der Waals surface area contributed by atoms with E-state index in [-0.39, 0.29) is 0 Å². The minimum atomic E-state index is -2.97. The van der Waals surface area contributed by atoms with Crippen LogP contribution in [-0.4, -0.2) is 4.98 Å². The van der Waals surface area contributed by atoms with Crippen LogP contribution in [0.1, 0.15) is 0 Å². The lowest BCUT2D eigenvalue weighted by molar-refractivity contribution is 0.592. The number of nitrogens with one attached hydrogen (secondary N) is 1. The summed E-state index contributed by atoms with van der Waals surface area (Å²) in [6.07, 6.45) is 0. The van der Waals surface area contributed by atoms with Crippen molar-refractivity contribution < 1.29 is 4.57 Å². The Bertz CT molecular complexity index is 1570. The van der Waals surface area contributed by atoms with E-state index >= 15 is 0 Å². The molecule has 1 heterocycles. The van der Waals surface area contributed by atoms with E-state index < -0.39 is 7.14 Å². The van der Waals surface area contributed by atoms with Crippen LogP contribution in [0.4, 0.5) is 0 Å². The van der Waals surface area contributed by atoms with Crippen LogP contribution in [0.3, 0.4) is 0 Å². The highest BCUT2D eigenvalue weighted by molar-refractivity contribution is 7.85. The Morgan fingerprint density at radius 2 is 1.03 bits per heavy atom. The molecule has 0 spiro atoms. The molecule has 0 atom stereocenters. The SMILES string of the molecule is O=P(c1ccccc1)(c1ccccc1)c1ccc(-c2cccc3c2[nH]c2ccccc23)cc1. The molecule has 33 heavy (non-hydrogen) atoms. The fraction of sp³-hybridized carbons (Fsp3) is 0. The van der Waals surface area contributed by atoms with Crippen LogP contribution in [0.25, 0.3) is 32.9 Å². The van der Waals surface area contributed by atoms with Crippen LogP contribution >= 0.6 is 7.14 Å². The van der Waals surface area contributed by atoms with E-state index in [0.717, 1.165) is 38.1 Å². The standard InChI is InChI=1S/C30H22NOP/c32-33(23-10-3-1-4-11-23,24-12-5-2-6-13-24)25-20-18-22(19-21-25)26-15-9-16-28-27-14-7-8-17-29(27)31-30(26)28/h1-21,31H. The lowest BCUT2D eigenvalue weighted by Crippen LogP contribution is -2.24. The summed E-state index contributed by atoms with van der Waals surface area (Å²) in [5.74, 6) is 0. The van der Waals surface area contributed by atoms with Crippen molar-refractivity contribution >= 4 is 44.9 Å². The first-order valence-corrected chi connectivity index (χ1v) is 12.8. The van der Waals surface area contributed by atoms with Gasteiger partial charge in [-0.15, -0.1) is 0 Å². The Morgan fingerprint density at radius 3 is 1.70 bits per heavy atom. The van der Waals surface area contributed by atoms with Gasteiger partial charge in [-0.25, -0.2) is 0 Å². The Hall–Kier alpha value is -3.87. The van der Waals surface area contributed by atoms with Gasteiger partial charge in [-0.2, -0.15) is 0 Å². The van der Waals surface area contributed by atoms with Crippen molar-refractivity contribution in [3.8, 4) is 11.1 Å². The fourth-order valence-electron chi connectivity index (χ4n) is 4.69. The maximum absolute atomic E-state index is 14.6. The number of fused-ring (bicyclic) bond motifs is 3. The van der Waals surface area contributed by atoms with Gasteiger partial charge in [0.1, 0.15) is 0 Å². The normalized spacial score (nSPS) is 11.8. The average Bonchev–Trinajstić information content (AvgIpc) is 3.28. The number of rotatable bonds is 4. The summed E-state index contributed by atoms with van der Waals surface area (Å²) in [7, 11) is -2.97. The number of benzene rings is 5. The molecule has 1 aromatic heterocycles. The zero-order valence-electron chi connectivity index (χ0n) is 18.0. The van der Waals surface area contributed by atoms with Gasteiger partial charge in [0.2, 0.25) is 0 Å². The van der Waals surface area contributed by atoms with Crippen molar-refractivity contribution in [2.45, 2.75) is 0 Å². The molecule has 0 unspecified atom stereocenters. The molecule has 0 amide bonds. The van der Waals surface area contributed by atoms with Crippen LogP contribution in [0.5, 0.6) is 0 Å². The maximum atomic E-state index is 14.6. The van der Waals surface area contributed by atoms with Crippen LogP contribution in [0.2, 0.25) is 0 Å². The molecule has 0 saturated carbocycles. The summed E-state index contributed by atoms with van der Waals surface area (Å²) in [6.45, 7) is 0.